The van der Waals surface area contributed by atoms with Gasteiger partial charge in [0.15, 0.2) is 0 Å². The van der Waals surface area contributed by atoms with E-state index < -0.39 is 0 Å². The van der Waals surface area contributed by atoms with Crippen LogP contribution in [0.25, 0.3) is 0 Å². The average molecular weight is 276 g/mol. The van der Waals surface area contributed by atoms with Gasteiger partial charge in [-0.3, -0.25) is 0 Å². The Kier molecular flexibility index (Phi) is 4.46. The standard InChI is InChI=1S/C16H24N2S/c1-18(14-5-4-9-17-10-8-14)11-13-12-19-16-7-3-2-6-15(13)16/h2-3,6-7,13-14,17H,4-5,8-12H2,1H3. The van der Waals surface area contributed by atoms with Gasteiger partial charge in [0.25, 0.3) is 0 Å². The van der Waals surface area contributed by atoms with E-state index in [0.29, 0.717) is 0 Å². The van der Waals surface area contributed by atoms with E-state index in [-0.39, 0.29) is 0 Å². The molecule has 2 aliphatic heterocycles. The molecule has 19 heavy (non-hydrogen) atoms. The van der Waals surface area contributed by atoms with Crippen molar-refractivity contribution in [3.8, 4) is 0 Å². The number of hydrogen-bond donors (Lipinski definition) is 1. The van der Waals surface area contributed by atoms with Gasteiger partial charge in [-0.1, -0.05) is 18.2 Å². The number of rotatable bonds is 3. The zero-order chi connectivity index (χ0) is 13.1. The molecule has 0 bridgehead atoms. The molecule has 1 aromatic carbocycles. The Morgan fingerprint density at radius 1 is 1.26 bits per heavy atom. The summed E-state index contributed by atoms with van der Waals surface area (Å²) in [6, 6.07) is 9.72. The van der Waals surface area contributed by atoms with E-state index >= 15 is 0 Å². The third-order valence-electron chi connectivity index (χ3n) is 4.48. The quantitative estimate of drug-likeness (QED) is 0.914. The maximum Gasteiger partial charge on any atom is 0.0108 e. The van der Waals surface area contributed by atoms with Crippen LogP contribution in [0.15, 0.2) is 29.2 Å². The minimum absolute atomic E-state index is 0.724. The molecule has 2 heterocycles. The van der Waals surface area contributed by atoms with E-state index in [1.807, 2.05) is 11.8 Å². The summed E-state index contributed by atoms with van der Waals surface area (Å²) in [5, 5.41) is 3.51. The Balaban J connectivity index is 1.62. The molecular formula is C16H24N2S. The predicted molar refractivity (Wildman–Crippen MR) is 83.0 cm³/mol. The van der Waals surface area contributed by atoms with Crippen molar-refractivity contribution >= 4 is 11.8 Å². The highest BCUT2D eigenvalue weighted by Crippen LogP contribution is 2.39. The van der Waals surface area contributed by atoms with Gasteiger partial charge in [0.2, 0.25) is 0 Å². The first-order valence-electron chi connectivity index (χ1n) is 7.47. The Labute approximate surface area is 121 Å². The molecule has 0 amide bonds. The lowest BCUT2D eigenvalue weighted by Gasteiger charge is -2.29. The van der Waals surface area contributed by atoms with Crippen LogP contribution in [0.2, 0.25) is 0 Å². The number of likely N-dealkylation sites (N-methyl/N-ethyl adjacent to an activating group) is 1. The highest BCUT2D eigenvalue weighted by Gasteiger charge is 2.26. The van der Waals surface area contributed by atoms with Crippen LogP contribution in [0.4, 0.5) is 0 Å². The van der Waals surface area contributed by atoms with Gasteiger partial charge in [-0.15, -0.1) is 11.8 Å². The van der Waals surface area contributed by atoms with Crippen molar-refractivity contribution in [1.29, 1.82) is 0 Å². The second-order valence-corrected chi connectivity index (χ2v) is 6.88. The minimum Gasteiger partial charge on any atom is -0.317 e. The van der Waals surface area contributed by atoms with Crippen LogP contribution in [-0.4, -0.2) is 43.4 Å². The highest BCUT2D eigenvalue weighted by atomic mass is 32.2. The fraction of sp³-hybridized carbons (Fsp3) is 0.625. The van der Waals surface area contributed by atoms with Gasteiger partial charge >= 0.3 is 0 Å². The summed E-state index contributed by atoms with van der Waals surface area (Å²) in [5.74, 6) is 1.98. The number of hydrogen-bond acceptors (Lipinski definition) is 3. The van der Waals surface area contributed by atoms with Gasteiger partial charge < -0.3 is 10.2 Å². The predicted octanol–water partition coefficient (Wildman–Crippen LogP) is 2.95. The molecule has 2 atom stereocenters. The van der Waals surface area contributed by atoms with Crippen LogP contribution in [0.3, 0.4) is 0 Å². The van der Waals surface area contributed by atoms with Gasteiger partial charge in [0.05, 0.1) is 0 Å². The van der Waals surface area contributed by atoms with Crippen molar-refractivity contribution in [1.82, 2.24) is 10.2 Å². The van der Waals surface area contributed by atoms with Crippen molar-refractivity contribution < 1.29 is 0 Å². The molecule has 0 radical (unpaired) electrons. The van der Waals surface area contributed by atoms with E-state index in [2.05, 4.69) is 41.5 Å². The monoisotopic (exact) mass is 276 g/mol. The lowest BCUT2D eigenvalue weighted by Crippen LogP contribution is -2.35. The van der Waals surface area contributed by atoms with E-state index in [1.165, 1.54) is 49.5 Å². The third-order valence-corrected chi connectivity index (χ3v) is 5.73. The summed E-state index contributed by atoms with van der Waals surface area (Å²) in [5.41, 5.74) is 1.58. The van der Waals surface area contributed by atoms with Gasteiger partial charge in [0, 0.05) is 29.2 Å². The number of fused-ring (bicyclic) bond motifs is 1. The Morgan fingerprint density at radius 3 is 3.11 bits per heavy atom. The van der Waals surface area contributed by atoms with Gasteiger partial charge in [-0.25, -0.2) is 0 Å². The molecule has 1 saturated heterocycles. The molecule has 2 unspecified atom stereocenters. The van der Waals surface area contributed by atoms with Gasteiger partial charge in [0.1, 0.15) is 0 Å². The molecule has 0 aliphatic carbocycles. The lowest BCUT2D eigenvalue weighted by atomic mass is 9.99. The molecule has 0 saturated carbocycles. The van der Waals surface area contributed by atoms with E-state index in [4.69, 9.17) is 0 Å². The summed E-state index contributed by atoms with van der Waals surface area (Å²) >= 11 is 2.03. The Morgan fingerprint density at radius 2 is 2.16 bits per heavy atom. The minimum atomic E-state index is 0.724. The summed E-state index contributed by atoms with van der Waals surface area (Å²) in [7, 11) is 2.32. The van der Waals surface area contributed by atoms with Crippen LogP contribution in [0.5, 0.6) is 0 Å². The first-order valence-corrected chi connectivity index (χ1v) is 8.46. The maximum absolute atomic E-state index is 3.51. The molecule has 1 fully saturated rings. The molecular weight excluding hydrogens is 252 g/mol. The first-order chi connectivity index (χ1) is 9.34. The van der Waals surface area contributed by atoms with Gasteiger partial charge in [-0.05, 0) is 51.0 Å². The summed E-state index contributed by atoms with van der Waals surface area (Å²) in [6.07, 6.45) is 3.98. The molecule has 104 valence electrons. The summed E-state index contributed by atoms with van der Waals surface area (Å²) in [4.78, 5) is 4.11. The second-order valence-electron chi connectivity index (χ2n) is 5.82. The van der Waals surface area contributed by atoms with Crippen LogP contribution in [0, 0.1) is 0 Å². The molecule has 1 N–H and O–H groups in total. The van der Waals surface area contributed by atoms with Crippen molar-refractivity contribution in [2.24, 2.45) is 0 Å². The smallest absolute Gasteiger partial charge is 0.0108 e. The van der Waals surface area contributed by atoms with Crippen molar-refractivity contribution in [3.63, 3.8) is 0 Å². The van der Waals surface area contributed by atoms with E-state index in [0.717, 1.165) is 12.0 Å². The van der Waals surface area contributed by atoms with Crippen LogP contribution in [-0.2, 0) is 0 Å². The molecule has 0 spiro atoms. The van der Waals surface area contributed by atoms with E-state index in [9.17, 15) is 0 Å². The largest absolute Gasteiger partial charge is 0.317 e. The van der Waals surface area contributed by atoms with Crippen molar-refractivity contribution in [2.75, 3.05) is 32.4 Å². The van der Waals surface area contributed by atoms with E-state index in [1.54, 1.807) is 5.56 Å². The molecule has 3 rings (SSSR count). The van der Waals surface area contributed by atoms with Gasteiger partial charge in [-0.2, -0.15) is 0 Å². The zero-order valence-corrected chi connectivity index (χ0v) is 12.6. The summed E-state index contributed by atoms with van der Waals surface area (Å²) < 4.78 is 0. The third kappa shape index (κ3) is 3.15. The normalized spacial score (nSPS) is 27.3. The van der Waals surface area contributed by atoms with Crippen LogP contribution in [0.1, 0.15) is 30.7 Å². The van der Waals surface area contributed by atoms with Crippen molar-refractivity contribution in [3.05, 3.63) is 29.8 Å². The molecule has 2 aliphatic rings. The maximum atomic E-state index is 3.51. The lowest BCUT2D eigenvalue weighted by molar-refractivity contribution is 0.216. The average Bonchev–Trinajstić information content (AvgIpc) is 2.66. The molecule has 2 nitrogen and oxygen atoms in total. The van der Waals surface area contributed by atoms with Crippen LogP contribution >= 0.6 is 11.8 Å². The highest BCUT2D eigenvalue weighted by molar-refractivity contribution is 7.99. The Hall–Kier alpha value is -0.510. The number of nitrogens with one attached hydrogen (secondary N) is 1. The fourth-order valence-corrected chi connectivity index (χ4v) is 4.56. The number of nitrogens with zero attached hydrogens (tertiary/aromatic N) is 1. The fourth-order valence-electron chi connectivity index (χ4n) is 3.32. The first kappa shape index (κ1) is 13.5. The SMILES string of the molecule is CN(CC1CSc2ccccc21)C1CCCNCC1. The molecule has 1 aromatic rings. The number of benzene rings is 1. The molecule has 3 heteroatoms. The summed E-state index contributed by atoms with van der Waals surface area (Å²) in [6.45, 7) is 3.60. The topological polar surface area (TPSA) is 15.3 Å². The Bertz CT molecular complexity index is 413. The number of thioether (sulfide) groups is 1. The second kappa shape index (κ2) is 6.29. The zero-order valence-electron chi connectivity index (χ0n) is 11.8. The van der Waals surface area contributed by atoms with Crippen LogP contribution < -0.4 is 5.32 Å². The van der Waals surface area contributed by atoms with Crippen molar-refractivity contribution in [2.45, 2.75) is 36.1 Å². The molecule has 0 aromatic heterocycles.